The van der Waals surface area contributed by atoms with Crippen molar-refractivity contribution in [3.8, 4) is 5.75 Å². The van der Waals surface area contributed by atoms with Crippen LogP contribution in [0.2, 0.25) is 0 Å². The van der Waals surface area contributed by atoms with Gasteiger partial charge in [0.25, 0.3) is 0 Å². The zero-order valence-corrected chi connectivity index (χ0v) is 13.4. The minimum absolute atomic E-state index is 0.0830. The van der Waals surface area contributed by atoms with E-state index >= 15 is 0 Å². The Hall–Kier alpha value is -1.13. The smallest absolute Gasteiger partial charge is 0.228 e. The number of para-hydroxylation sites is 2. The summed E-state index contributed by atoms with van der Waals surface area (Å²) in [7, 11) is 1.67. The van der Waals surface area contributed by atoms with E-state index in [-0.39, 0.29) is 11.8 Å². The lowest BCUT2D eigenvalue weighted by atomic mass is 10.2. The van der Waals surface area contributed by atoms with Crippen LogP contribution >= 0.6 is 23.2 Å². The number of amides is 1. The number of nitrogens with zero attached hydrogens (tertiary/aromatic N) is 2. The van der Waals surface area contributed by atoms with Crippen LogP contribution in [-0.4, -0.2) is 48.4 Å². The Balaban J connectivity index is 1.62. The molecular weight excluding hydrogens is 311 g/mol. The summed E-state index contributed by atoms with van der Waals surface area (Å²) < 4.78 is 4.55. The molecule has 3 rings (SSSR count). The van der Waals surface area contributed by atoms with Crippen molar-refractivity contribution in [3.05, 3.63) is 24.3 Å². The van der Waals surface area contributed by atoms with E-state index in [0.29, 0.717) is 19.5 Å². The Morgan fingerprint density at radius 2 is 1.86 bits per heavy atom. The second-order valence-corrected chi connectivity index (χ2v) is 7.04. The number of hydrogen-bond acceptors (Lipinski definition) is 3. The summed E-state index contributed by atoms with van der Waals surface area (Å²) in [5, 5.41) is 0. The summed E-state index contributed by atoms with van der Waals surface area (Å²) in [5.41, 5.74) is 1.07. The van der Waals surface area contributed by atoms with Gasteiger partial charge < -0.3 is 14.5 Å². The average molecular weight is 329 g/mol. The van der Waals surface area contributed by atoms with Crippen LogP contribution in [-0.2, 0) is 4.79 Å². The number of halogens is 2. The Kier molecular flexibility index (Phi) is 3.93. The fourth-order valence-electron chi connectivity index (χ4n) is 2.76. The lowest BCUT2D eigenvalue weighted by molar-refractivity contribution is -0.132. The number of hydrogen-bond donors (Lipinski definition) is 0. The SMILES string of the molecule is COc1ccccc1N1CCN(C(=O)[C@H]2CC2(Cl)Cl)CC1. The number of benzene rings is 1. The molecule has 2 aliphatic rings. The van der Waals surface area contributed by atoms with Gasteiger partial charge >= 0.3 is 0 Å². The first-order valence-corrected chi connectivity index (χ1v) is 7.83. The van der Waals surface area contributed by atoms with Gasteiger partial charge in [0.1, 0.15) is 10.1 Å². The first-order valence-electron chi connectivity index (χ1n) is 7.07. The van der Waals surface area contributed by atoms with E-state index in [9.17, 15) is 4.79 Å². The molecule has 2 fully saturated rings. The maximum atomic E-state index is 12.3. The summed E-state index contributed by atoms with van der Waals surface area (Å²) in [6.45, 7) is 2.96. The largest absolute Gasteiger partial charge is 0.495 e. The van der Waals surface area contributed by atoms with Gasteiger partial charge in [-0.05, 0) is 18.6 Å². The minimum atomic E-state index is -0.836. The number of carbonyl (C=O) groups is 1. The highest BCUT2D eigenvalue weighted by Crippen LogP contribution is 2.54. The number of carbonyl (C=O) groups excluding carboxylic acids is 1. The van der Waals surface area contributed by atoms with E-state index in [4.69, 9.17) is 27.9 Å². The number of alkyl halides is 2. The van der Waals surface area contributed by atoms with Gasteiger partial charge in [-0.25, -0.2) is 0 Å². The Morgan fingerprint density at radius 1 is 1.24 bits per heavy atom. The van der Waals surface area contributed by atoms with Crippen LogP contribution in [0.15, 0.2) is 24.3 Å². The lowest BCUT2D eigenvalue weighted by Crippen LogP contribution is -2.49. The first kappa shape index (κ1) is 14.8. The van der Waals surface area contributed by atoms with Crippen LogP contribution in [0, 0.1) is 5.92 Å². The molecule has 0 N–H and O–H groups in total. The predicted molar refractivity (Wildman–Crippen MR) is 84.3 cm³/mol. The van der Waals surface area contributed by atoms with Crippen molar-refractivity contribution in [2.45, 2.75) is 10.8 Å². The maximum Gasteiger partial charge on any atom is 0.228 e. The quantitative estimate of drug-likeness (QED) is 0.799. The van der Waals surface area contributed by atoms with Crippen molar-refractivity contribution in [2.24, 2.45) is 5.92 Å². The van der Waals surface area contributed by atoms with Crippen molar-refractivity contribution in [1.29, 1.82) is 0 Å². The molecule has 1 amide bonds. The molecule has 4 nitrogen and oxygen atoms in total. The fraction of sp³-hybridized carbons (Fsp3) is 0.533. The normalized spacial score (nSPS) is 23.9. The van der Waals surface area contributed by atoms with Crippen molar-refractivity contribution in [2.75, 3.05) is 38.2 Å². The highest BCUT2D eigenvalue weighted by Gasteiger charge is 2.57. The van der Waals surface area contributed by atoms with E-state index in [1.54, 1.807) is 7.11 Å². The number of methoxy groups -OCH3 is 1. The number of rotatable bonds is 3. The van der Waals surface area contributed by atoms with Crippen molar-refractivity contribution in [1.82, 2.24) is 4.90 Å². The fourth-order valence-corrected chi connectivity index (χ4v) is 3.26. The molecule has 0 radical (unpaired) electrons. The number of anilines is 1. The standard InChI is InChI=1S/C15H18Cl2N2O2/c1-21-13-5-3-2-4-12(13)18-6-8-19(9-7-18)14(20)11-10-15(11,16)17/h2-5,11H,6-10H2,1H3/t11-/m1/s1. The van der Waals surface area contributed by atoms with E-state index < -0.39 is 4.33 Å². The van der Waals surface area contributed by atoms with E-state index in [1.165, 1.54) is 0 Å². The van der Waals surface area contributed by atoms with Gasteiger partial charge in [0.2, 0.25) is 5.91 Å². The first-order chi connectivity index (χ1) is 10.0. The van der Waals surface area contributed by atoms with Gasteiger partial charge in [-0.15, -0.1) is 23.2 Å². The molecule has 1 saturated heterocycles. The average Bonchev–Trinajstić information content (AvgIpc) is 3.15. The maximum absolute atomic E-state index is 12.3. The third kappa shape index (κ3) is 2.92. The predicted octanol–water partition coefficient (Wildman–Crippen LogP) is 2.54. The van der Waals surface area contributed by atoms with Crippen LogP contribution in [0.1, 0.15) is 6.42 Å². The van der Waals surface area contributed by atoms with E-state index in [2.05, 4.69) is 4.90 Å². The van der Waals surface area contributed by atoms with Gasteiger partial charge in [-0.3, -0.25) is 4.79 Å². The second kappa shape index (κ2) is 5.58. The van der Waals surface area contributed by atoms with Gasteiger partial charge in [-0.1, -0.05) is 12.1 Å². The van der Waals surface area contributed by atoms with Crippen LogP contribution in [0.4, 0.5) is 5.69 Å². The molecule has 0 bridgehead atoms. The number of ether oxygens (including phenoxy) is 1. The highest BCUT2D eigenvalue weighted by atomic mass is 35.5. The van der Waals surface area contributed by atoms with E-state index in [0.717, 1.165) is 24.5 Å². The van der Waals surface area contributed by atoms with Crippen LogP contribution < -0.4 is 9.64 Å². The summed E-state index contributed by atoms with van der Waals surface area (Å²) in [6, 6.07) is 7.94. The van der Waals surface area contributed by atoms with Crippen molar-refractivity contribution in [3.63, 3.8) is 0 Å². The second-order valence-electron chi connectivity index (χ2n) is 5.50. The van der Waals surface area contributed by atoms with Gasteiger partial charge in [0, 0.05) is 26.2 Å². The van der Waals surface area contributed by atoms with Crippen LogP contribution in [0.5, 0.6) is 5.75 Å². The lowest BCUT2D eigenvalue weighted by Gasteiger charge is -2.36. The van der Waals surface area contributed by atoms with Gasteiger partial charge in [0.15, 0.2) is 0 Å². The molecule has 0 unspecified atom stereocenters. The zero-order chi connectivity index (χ0) is 15.0. The molecule has 1 atom stereocenters. The molecule has 0 spiro atoms. The summed E-state index contributed by atoms with van der Waals surface area (Å²) in [4.78, 5) is 16.4. The third-order valence-electron chi connectivity index (χ3n) is 4.14. The number of piperazine rings is 1. The molecule has 6 heteroatoms. The minimum Gasteiger partial charge on any atom is -0.495 e. The summed E-state index contributed by atoms with van der Waals surface area (Å²) >= 11 is 12.0. The summed E-state index contributed by atoms with van der Waals surface area (Å²) in [5.74, 6) is 0.721. The highest BCUT2D eigenvalue weighted by molar-refractivity contribution is 6.52. The van der Waals surface area contributed by atoms with E-state index in [1.807, 2.05) is 29.2 Å². The molecular formula is C15H18Cl2N2O2. The zero-order valence-electron chi connectivity index (χ0n) is 11.9. The molecule has 114 valence electrons. The van der Waals surface area contributed by atoms with Gasteiger partial charge in [-0.2, -0.15) is 0 Å². The molecule has 1 aliphatic carbocycles. The summed E-state index contributed by atoms with van der Waals surface area (Å²) in [6.07, 6.45) is 0.571. The molecule has 1 aromatic rings. The van der Waals surface area contributed by atoms with Crippen molar-refractivity contribution >= 4 is 34.8 Å². The van der Waals surface area contributed by atoms with Gasteiger partial charge in [0.05, 0.1) is 18.7 Å². The molecule has 1 saturated carbocycles. The molecule has 0 aromatic heterocycles. The monoisotopic (exact) mass is 328 g/mol. The van der Waals surface area contributed by atoms with Crippen LogP contribution in [0.25, 0.3) is 0 Å². The Bertz CT molecular complexity index is 542. The molecule has 21 heavy (non-hydrogen) atoms. The Labute approximate surface area is 134 Å². The molecule has 1 heterocycles. The molecule has 1 aliphatic heterocycles. The Morgan fingerprint density at radius 3 is 2.43 bits per heavy atom. The molecule has 1 aromatic carbocycles. The third-order valence-corrected chi connectivity index (χ3v) is 4.98. The topological polar surface area (TPSA) is 32.8 Å². The van der Waals surface area contributed by atoms with Crippen molar-refractivity contribution < 1.29 is 9.53 Å². The van der Waals surface area contributed by atoms with Crippen LogP contribution in [0.3, 0.4) is 0 Å².